The fourth-order valence-corrected chi connectivity index (χ4v) is 7.11. The maximum Gasteiger partial charge on any atom is 0.258 e. The topological polar surface area (TPSA) is 167 Å². The lowest BCUT2D eigenvalue weighted by atomic mass is 9.99. The lowest BCUT2D eigenvalue weighted by Gasteiger charge is -2.31. The molecule has 1 aromatic heterocycles. The minimum absolute atomic E-state index is 0.0599. The molecule has 1 fully saturated rings. The van der Waals surface area contributed by atoms with Crippen molar-refractivity contribution in [2.45, 2.75) is 57.0 Å². The van der Waals surface area contributed by atoms with Gasteiger partial charge in [-0.1, -0.05) is 42.5 Å². The molecule has 14 heteroatoms. The standard InChI is InChI=1S/C33H41N5O7S2/c1-33(2,3)37-31(42)26-19-47(44)20-38(26)32(43)29(40)24(15-21-9-6-5-7-10-21)36-30(41)25(18-46-4)35-28(39)17-45-27-12-8-11-22-16-34-14-13-23(22)27/h5-14,16,24-26,29,40H,15,17-20H2,1-4H3,(H,35,39)(H,36,41)(H,37,42)/t24-,25-,26?,29-,47?/m0/s1. The second-order valence-electron chi connectivity index (χ2n) is 12.3. The Hall–Kier alpha value is -4.01. The van der Waals surface area contributed by atoms with Crippen molar-refractivity contribution in [3.8, 4) is 5.75 Å². The van der Waals surface area contributed by atoms with Crippen molar-refractivity contribution >= 4 is 57.0 Å². The molecule has 0 spiro atoms. The van der Waals surface area contributed by atoms with Crippen LogP contribution in [0.15, 0.2) is 67.0 Å². The Balaban J connectivity index is 1.48. The molecule has 2 aromatic carbocycles. The molecular weight excluding hydrogens is 643 g/mol. The third-order valence-electron chi connectivity index (χ3n) is 7.33. The van der Waals surface area contributed by atoms with Crippen molar-refractivity contribution in [3.05, 3.63) is 72.6 Å². The molecule has 4 rings (SSSR count). The maximum atomic E-state index is 13.7. The van der Waals surface area contributed by atoms with Crippen molar-refractivity contribution in [1.29, 1.82) is 0 Å². The van der Waals surface area contributed by atoms with Gasteiger partial charge in [0.2, 0.25) is 11.8 Å². The number of nitrogens with one attached hydrogen (secondary N) is 3. The summed E-state index contributed by atoms with van der Waals surface area (Å²) < 4.78 is 18.3. The average Bonchev–Trinajstić information content (AvgIpc) is 3.44. The third-order valence-corrected chi connectivity index (χ3v) is 9.25. The number of carbonyl (C=O) groups is 4. The Morgan fingerprint density at radius 1 is 1.09 bits per heavy atom. The highest BCUT2D eigenvalue weighted by Crippen LogP contribution is 2.24. The summed E-state index contributed by atoms with van der Waals surface area (Å²) >= 11 is 1.33. The molecule has 2 unspecified atom stereocenters. The van der Waals surface area contributed by atoms with Gasteiger partial charge in [-0.2, -0.15) is 11.8 Å². The predicted octanol–water partition coefficient (Wildman–Crippen LogP) is 1.38. The van der Waals surface area contributed by atoms with Crippen LogP contribution in [0.3, 0.4) is 0 Å². The molecule has 12 nitrogen and oxygen atoms in total. The highest BCUT2D eigenvalue weighted by atomic mass is 32.2. The Kier molecular flexibility index (Phi) is 12.4. The van der Waals surface area contributed by atoms with Crippen molar-refractivity contribution in [3.63, 3.8) is 0 Å². The van der Waals surface area contributed by atoms with E-state index < -0.39 is 64.2 Å². The number of benzene rings is 2. The second-order valence-corrected chi connectivity index (χ2v) is 14.6. The molecule has 0 aliphatic carbocycles. The smallest absolute Gasteiger partial charge is 0.258 e. The number of amides is 4. The molecule has 2 heterocycles. The van der Waals surface area contributed by atoms with Gasteiger partial charge in [0.15, 0.2) is 12.7 Å². The minimum Gasteiger partial charge on any atom is -0.483 e. The molecule has 0 saturated carbocycles. The number of nitrogens with zero attached hydrogens (tertiary/aromatic N) is 2. The van der Waals surface area contributed by atoms with Crippen LogP contribution < -0.4 is 20.7 Å². The van der Waals surface area contributed by atoms with Crippen LogP contribution in [-0.4, -0.2) is 103 Å². The summed E-state index contributed by atoms with van der Waals surface area (Å²) in [6.45, 7) is 5.03. The lowest BCUT2D eigenvalue weighted by molar-refractivity contribution is -0.147. The maximum absolute atomic E-state index is 13.7. The molecule has 1 aliphatic heterocycles. The Bertz CT molecular complexity index is 1600. The Labute approximate surface area is 280 Å². The molecule has 252 valence electrons. The summed E-state index contributed by atoms with van der Waals surface area (Å²) in [5.74, 6) is -2.02. The van der Waals surface area contributed by atoms with Crippen molar-refractivity contribution in [1.82, 2.24) is 25.8 Å². The van der Waals surface area contributed by atoms with Crippen molar-refractivity contribution in [2.75, 3.05) is 30.2 Å². The van der Waals surface area contributed by atoms with Crippen LogP contribution in [0, 0.1) is 0 Å². The van der Waals surface area contributed by atoms with Gasteiger partial charge >= 0.3 is 0 Å². The van der Waals surface area contributed by atoms with E-state index in [2.05, 4.69) is 20.9 Å². The average molecular weight is 684 g/mol. The van der Waals surface area contributed by atoms with Gasteiger partial charge in [0, 0.05) is 45.3 Å². The number of pyridine rings is 1. The van der Waals surface area contributed by atoms with E-state index in [0.29, 0.717) is 5.75 Å². The summed E-state index contributed by atoms with van der Waals surface area (Å²) in [7, 11) is -1.49. The molecule has 4 N–H and O–H groups in total. The fourth-order valence-electron chi connectivity index (χ4n) is 5.13. The first-order chi connectivity index (χ1) is 22.4. The first-order valence-corrected chi connectivity index (χ1v) is 18.0. The van der Waals surface area contributed by atoms with Gasteiger partial charge in [0.05, 0.1) is 17.7 Å². The fraction of sp³-hybridized carbons (Fsp3) is 0.424. The van der Waals surface area contributed by atoms with E-state index in [0.717, 1.165) is 21.2 Å². The first kappa shape index (κ1) is 35.8. The highest BCUT2D eigenvalue weighted by molar-refractivity contribution is 7.98. The number of thioether (sulfide) groups is 1. The molecule has 3 aromatic rings. The largest absolute Gasteiger partial charge is 0.483 e. The van der Waals surface area contributed by atoms with E-state index in [1.54, 1.807) is 81.9 Å². The van der Waals surface area contributed by atoms with Crippen LogP contribution >= 0.6 is 11.8 Å². The number of fused-ring (bicyclic) bond motifs is 1. The monoisotopic (exact) mass is 683 g/mol. The molecule has 0 bridgehead atoms. The summed E-state index contributed by atoms with van der Waals surface area (Å²) in [5.41, 5.74) is 0.146. The van der Waals surface area contributed by atoms with Gasteiger partial charge in [-0.15, -0.1) is 0 Å². The van der Waals surface area contributed by atoms with Gasteiger partial charge in [-0.25, -0.2) is 0 Å². The quantitative estimate of drug-likeness (QED) is 0.208. The predicted molar refractivity (Wildman–Crippen MR) is 182 cm³/mol. The van der Waals surface area contributed by atoms with Gasteiger partial charge in [-0.3, -0.25) is 28.4 Å². The molecule has 0 radical (unpaired) electrons. The number of ether oxygens (including phenoxy) is 1. The van der Waals surface area contributed by atoms with E-state index in [-0.39, 0.29) is 30.4 Å². The van der Waals surface area contributed by atoms with Crippen LogP contribution in [0.25, 0.3) is 10.8 Å². The normalized spacial score (nSPS) is 18.2. The van der Waals surface area contributed by atoms with Gasteiger partial charge in [-0.05, 0) is 51.1 Å². The Morgan fingerprint density at radius 2 is 1.83 bits per heavy atom. The van der Waals surface area contributed by atoms with Crippen molar-refractivity contribution < 1.29 is 33.2 Å². The number of aromatic nitrogens is 1. The number of hydrogen-bond donors (Lipinski definition) is 4. The number of aliphatic hydroxyl groups excluding tert-OH is 1. The third kappa shape index (κ3) is 9.99. The summed E-state index contributed by atoms with van der Waals surface area (Å²) in [6, 6.07) is 13.0. The zero-order valence-electron chi connectivity index (χ0n) is 26.8. The van der Waals surface area contributed by atoms with E-state index >= 15 is 0 Å². The molecular formula is C33H41N5O7S2. The number of aliphatic hydroxyl groups is 1. The van der Waals surface area contributed by atoms with E-state index in [1.807, 2.05) is 12.1 Å². The van der Waals surface area contributed by atoms with E-state index in [1.165, 1.54) is 11.8 Å². The molecule has 1 aliphatic rings. The summed E-state index contributed by atoms with van der Waals surface area (Å²) in [4.78, 5) is 58.5. The van der Waals surface area contributed by atoms with Crippen LogP contribution in [0.4, 0.5) is 0 Å². The lowest BCUT2D eigenvalue weighted by Crippen LogP contribution is -2.59. The van der Waals surface area contributed by atoms with E-state index in [4.69, 9.17) is 4.74 Å². The molecule has 4 amide bonds. The molecule has 5 atom stereocenters. The zero-order chi connectivity index (χ0) is 34.1. The van der Waals surface area contributed by atoms with Crippen LogP contribution in [0.5, 0.6) is 5.75 Å². The minimum atomic E-state index is -1.77. The summed E-state index contributed by atoms with van der Waals surface area (Å²) in [6.07, 6.45) is 3.41. The first-order valence-electron chi connectivity index (χ1n) is 15.1. The second kappa shape index (κ2) is 16.2. The highest BCUT2D eigenvalue weighted by Gasteiger charge is 2.43. The van der Waals surface area contributed by atoms with Crippen LogP contribution in [-0.2, 0) is 36.4 Å². The van der Waals surface area contributed by atoms with E-state index in [9.17, 15) is 28.5 Å². The molecule has 1 saturated heterocycles. The van der Waals surface area contributed by atoms with Crippen LogP contribution in [0.1, 0.15) is 26.3 Å². The van der Waals surface area contributed by atoms with Crippen LogP contribution in [0.2, 0.25) is 0 Å². The number of carbonyl (C=O) groups excluding carboxylic acids is 4. The summed E-state index contributed by atoms with van der Waals surface area (Å²) in [5, 5.41) is 21.3. The number of hydrogen-bond acceptors (Lipinski definition) is 9. The molecule has 47 heavy (non-hydrogen) atoms. The van der Waals surface area contributed by atoms with Crippen molar-refractivity contribution in [2.24, 2.45) is 0 Å². The van der Waals surface area contributed by atoms with Gasteiger partial charge in [0.25, 0.3) is 11.8 Å². The number of rotatable bonds is 13. The van der Waals surface area contributed by atoms with Gasteiger partial charge < -0.3 is 30.7 Å². The zero-order valence-corrected chi connectivity index (χ0v) is 28.4. The SMILES string of the molecule is CSC[C@H](NC(=O)COc1cccc2cnccc12)C(=O)N[C@@H](Cc1ccccc1)[C@H](O)C(=O)N1CS(=O)CC1C(=O)NC(C)(C)C. The Morgan fingerprint density at radius 3 is 2.53 bits per heavy atom. The van der Waals surface area contributed by atoms with Gasteiger partial charge in [0.1, 0.15) is 17.8 Å².